The number of carboxylic acids is 1. The Morgan fingerprint density at radius 2 is 1.57 bits per heavy atom. The molecule has 0 saturated carbocycles. The molecular weight excluding hydrogens is 370 g/mol. The van der Waals surface area contributed by atoms with Gasteiger partial charge >= 0.3 is 5.97 Å². The molecule has 0 amide bonds. The van der Waals surface area contributed by atoms with Crippen LogP contribution in [0.15, 0.2) is 103 Å². The van der Waals surface area contributed by atoms with Crippen LogP contribution in [0.1, 0.15) is 5.56 Å². The third-order valence-corrected chi connectivity index (χ3v) is 5.33. The first-order valence-electron chi connectivity index (χ1n) is 9.81. The average Bonchev–Trinajstić information content (AvgIpc) is 3.19. The summed E-state index contributed by atoms with van der Waals surface area (Å²) in [6, 6.07) is 33.2. The molecular formula is C27H19NO2. The number of aromatic nitrogens is 1. The van der Waals surface area contributed by atoms with Crippen LogP contribution in [-0.2, 0) is 4.79 Å². The predicted octanol–water partition coefficient (Wildman–Crippen LogP) is 6.55. The summed E-state index contributed by atoms with van der Waals surface area (Å²) in [6.45, 7) is 0. The largest absolute Gasteiger partial charge is 0.478 e. The van der Waals surface area contributed by atoms with Crippen molar-refractivity contribution in [2.24, 2.45) is 0 Å². The van der Waals surface area contributed by atoms with Crippen molar-refractivity contribution in [2.75, 3.05) is 0 Å². The van der Waals surface area contributed by atoms with Crippen molar-refractivity contribution < 1.29 is 9.90 Å². The van der Waals surface area contributed by atoms with Gasteiger partial charge in [-0.2, -0.15) is 0 Å². The van der Waals surface area contributed by atoms with Gasteiger partial charge in [0.15, 0.2) is 0 Å². The Morgan fingerprint density at radius 1 is 0.767 bits per heavy atom. The summed E-state index contributed by atoms with van der Waals surface area (Å²) in [5, 5.41) is 12.6. The van der Waals surface area contributed by atoms with E-state index in [-0.39, 0.29) is 0 Å². The second-order valence-corrected chi connectivity index (χ2v) is 7.22. The van der Waals surface area contributed by atoms with E-state index in [0.717, 1.165) is 28.0 Å². The van der Waals surface area contributed by atoms with E-state index in [1.807, 2.05) is 36.4 Å². The third kappa shape index (κ3) is 3.16. The lowest BCUT2D eigenvalue weighted by atomic mass is 10.1. The second kappa shape index (κ2) is 7.37. The van der Waals surface area contributed by atoms with Crippen LogP contribution in [0.3, 0.4) is 0 Å². The minimum atomic E-state index is -0.955. The van der Waals surface area contributed by atoms with Crippen molar-refractivity contribution >= 4 is 33.7 Å². The lowest BCUT2D eigenvalue weighted by Gasteiger charge is -2.12. The van der Waals surface area contributed by atoms with E-state index in [4.69, 9.17) is 5.11 Å². The Kier molecular flexibility index (Phi) is 4.41. The minimum Gasteiger partial charge on any atom is -0.478 e. The Bertz CT molecular complexity index is 1410. The number of fused-ring (bicyclic) bond motifs is 3. The summed E-state index contributed by atoms with van der Waals surface area (Å²) in [5.41, 5.74) is 5.18. The normalized spacial score (nSPS) is 11.5. The molecule has 0 aliphatic rings. The zero-order valence-electron chi connectivity index (χ0n) is 16.2. The van der Waals surface area contributed by atoms with Gasteiger partial charge in [-0.15, -0.1) is 0 Å². The zero-order valence-corrected chi connectivity index (χ0v) is 16.2. The van der Waals surface area contributed by atoms with Crippen LogP contribution >= 0.6 is 0 Å². The van der Waals surface area contributed by atoms with Gasteiger partial charge in [-0.1, -0.05) is 72.8 Å². The molecule has 0 aliphatic heterocycles. The van der Waals surface area contributed by atoms with Gasteiger partial charge < -0.3 is 9.67 Å². The summed E-state index contributed by atoms with van der Waals surface area (Å²) < 4.78 is 2.25. The first kappa shape index (κ1) is 18.0. The monoisotopic (exact) mass is 389 g/mol. The summed E-state index contributed by atoms with van der Waals surface area (Å²) in [6.07, 6.45) is 2.79. The number of hydrogen-bond donors (Lipinski definition) is 1. The van der Waals surface area contributed by atoms with Gasteiger partial charge in [0.1, 0.15) is 0 Å². The molecule has 0 fully saturated rings. The molecule has 5 aromatic rings. The number of nitrogens with zero attached hydrogens (tertiary/aromatic N) is 1. The molecule has 0 saturated heterocycles. The molecule has 0 spiro atoms. The fourth-order valence-electron chi connectivity index (χ4n) is 4.00. The summed E-state index contributed by atoms with van der Waals surface area (Å²) in [5.74, 6) is -0.955. The Balaban J connectivity index is 1.81. The van der Waals surface area contributed by atoms with Gasteiger partial charge in [0.25, 0.3) is 0 Å². The van der Waals surface area contributed by atoms with E-state index in [2.05, 4.69) is 65.2 Å². The van der Waals surface area contributed by atoms with Crippen LogP contribution in [-0.4, -0.2) is 15.6 Å². The molecule has 0 aliphatic carbocycles. The third-order valence-electron chi connectivity index (χ3n) is 5.33. The van der Waals surface area contributed by atoms with Crippen LogP contribution in [0.25, 0.3) is 44.7 Å². The molecule has 144 valence electrons. The van der Waals surface area contributed by atoms with Crippen LogP contribution in [0.5, 0.6) is 0 Å². The van der Waals surface area contributed by atoms with Crippen LogP contribution in [0.4, 0.5) is 0 Å². The second-order valence-electron chi connectivity index (χ2n) is 7.22. The molecule has 1 heterocycles. The molecule has 1 aromatic heterocycles. The van der Waals surface area contributed by atoms with Crippen molar-refractivity contribution in [3.8, 4) is 16.9 Å². The van der Waals surface area contributed by atoms with Crippen LogP contribution < -0.4 is 0 Å². The molecule has 0 atom stereocenters. The Morgan fingerprint density at radius 3 is 2.40 bits per heavy atom. The molecule has 5 rings (SSSR count). The van der Waals surface area contributed by atoms with Crippen LogP contribution in [0, 0.1) is 0 Å². The number of rotatable bonds is 4. The topological polar surface area (TPSA) is 42.2 Å². The lowest BCUT2D eigenvalue weighted by molar-refractivity contribution is -0.131. The molecule has 1 N–H and O–H groups in total. The van der Waals surface area contributed by atoms with Crippen LogP contribution in [0.2, 0.25) is 0 Å². The van der Waals surface area contributed by atoms with Crippen molar-refractivity contribution in [3.63, 3.8) is 0 Å². The van der Waals surface area contributed by atoms with Crippen molar-refractivity contribution in [1.82, 2.24) is 4.57 Å². The molecule has 0 radical (unpaired) electrons. The highest BCUT2D eigenvalue weighted by Crippen LogP contribution is 2.35. The van der Waals surface area contributed by atoms with E-state index in [1.54, 1.807) is 6.08 Å². The summed E-state index contributed by atoms with van der Waals surface area (Å²) in [7, 11) is 0. The smallest absolute Gasteiger partial charge is 0.328 e. The lowest BCUT2D eigenvalue weighted by Crippen LogP contribution is -1.97. The average molecular weight is 389 g/mol. The van der Waals surface area contributed by atoms with E-state index in [9.17, 15) is 4.79 Å². The van der Waals surface area contributed by atoms with E-state index in [0.29, 0.717) is 0 Å². The van der Waals surface area contributed by atoms with Gasteiger partial charge in [0.05, 0.1) is 11.2 Å². The first-order chi connectivity index (χ1) is 14.7. The molecule has 0 unspecified atom stereocenters. The number of carboxylic acid groups (broad SMARTS) is 1. The van der Waals surface area contributed by atoms with Crippen molar-refractivity contribution in [2.45, 2.75) is 0 Å². The van der Waals surface area contributed by atoms with Gasteiger partial charge in [0, 0.05) is 17.1 Å². The summed E-state index contributed by atoms with van der Waals surface area (Å²) >= 11 is 0. The number of benzene rings is 4. The van der Waals surface area contributed by atoms with Gasteiger partial charge in [-0.3, -0.25) is 0 Å². The van der Waals surface area contributed by atoms with Gasteiger partial charge in [-0.25, -0.2) is 4.79 Å². The Labute approximate surface area is 174 Å². The van der Waals surface area contributed by atoms with Crippen molar-refractivity contribution in [3.05, 3.63) is 109 Å². The minimum absolute atomic E-state index is 0.844. The molecule has 4 aromatic carbocycles. The highest BCUT2D eigenvalue weighted by atomic mass is 16.4. The highest BCUT2D eigenvalue weighted by Gasteiger charge is 2.14. The number of carbonyl (C=O) groups is 1. The quantitative estimate of drug-likeness (QED) is 0.354. The van der Waals surface area contributed by atoms with Gasteiger partial charge in [0.2, 0.25) is 0 Å². The molecule has 3 nitrogen and oxygen atoms in total. The fourth-order valence-corrected chi connectivity index (χ4v) is 4.00. The Hall–Kier alpha value is -4.11. The number of aliphatic carboxylic acids is 1. The molecule has 30 heavy (non-hydrogen) atoms. The maximum atomic E-state index is 10.9. The predicted molar refractivity (Wildman–Crippen MR) is 123 cm³/mol. The summed E-state index contributed by atoms with van der Waals surface area (Å²) in [4.78, 5) is 10.9. The highest BCUT2D eigenvalue weighted by molar-refractivity contribution is 6.09. The standard InChI is InChI=1S/C27H19NO2/c29-27(30)16-13-19-7-6-11-22(17-19)28-25-15-14-20-8-4-5-12-23(20)24(25)18-26(28)21-9-2-1-3-10-21/h1-18H,(H,29,30)/b16-13+. The maximum absolute atomic E-state index is 10.9. The maximum Gasteiger partial charge on any atom is 0.328 e. The number of hydrogen-bond acceptors (Lipinski definition) is 1. The van der Waals surface area contributed by atoms with E-state index in [1.165, 1.54) is 22.2 Å². The first-order valence-corrected chi connectivity index (χ1v) is 9.81. The molecule has 3 heteroatoms. The van der Waals surface area contributed by atoms with Crippen molar-refractivity contribution in [1.29, 1.82) is 0 Å². The van der Waals surface area contributed by atoms with Gasteiger partial charge in [-0.05, 0) is 52.2 Å². The fraction of sp³-hybridized carbons (Fsp3) is 0. The zero-order chi connectivity index (χ0) is 20.5. The van der Waals surface area contributed by atoms with E-state index < -0.39 is 5.97 Å². The molecule has 0 bridgehead atoms. The van der Waals surface area contributed by atoms with E-state index >= 15 is 0 Å². The SMILES string of the molecule is O=C(O)/C=C/c1cccc(-n2c(-c3ccccc3)cc3c4ccccc4ccc32)c1.